The van der Waals surface area contributed by atoms with Crippen LogP contribution in [0.2, 0.25) is 0 Å². The van der Waals surface area contributed by atoms with Crippen LogP contribution in [0.25, 0.3) is 10.8 Å². The second-order valence-corrected chi connectivity index (χ2v) is 8.27. The highest BCUT2D eigenvalue weighted by molar-refractivity contribution is 6.22. The van der Waals surface area contributed by atoms with Crippen LogP contribution in [0.3, 0.4) is 0 Å². The van der Waals surface area contributed by atoms with Crippen molar-refractivity contribution in [2.24, 2.45) is 0 Å². The molecule has 0 spiro atoms. The fraction of sp³-hybridized carbons (Fsp3) is 0.231. The number of benzene rings is 3. The third-order valence-corrected chi connectivity index (χ3v) is 6.01. The largest absolute Gasteiger partial charge is 0.452 e. The summed E-state index contributed by atoms with van der Waals surface area (Å²) in [6, 6.07) is 17.4. The number of ether oxygens (including phenoxy) is 2. The van der Waals surface area contributed by atoms with E-state index in [1.807, 2.05) is 36.4 Å². The number of esters is 1. The van der Waals surface area contributed by atoms with Crippen molar-refractivity contribution in [1.29, 1.82) is 0 Å². The van der Waals surface area contributed by atoms with E-state index >= 15 is 0 Å². The van der Waals surface area contributed by atoms with Crippen LogP contribution in [-0.4, -0.2) is 54.5 Å². The molecule has 2 aliphatic heterocycles. The molecule has 0 aliphatic carbocycles. The lowest BCUT2D eigenvalue weighted by Gasteiger charge is -2.17. The lowest BCUT2D eigenvalue weighted by molar-refractivity contribution is -0.119. The highest BCUT2D eigenvalue weighted by Gasteiger charge is 2.38. The molecule has 3 amide bonds. The van der Waals surface area contributed by atoms with E-state index in [2.05, 4.69) is 5.32 Å². The minimum atomic E-state index is -0.756. The molecule has 8 heteroatoms. The van der Waals surface area contributed by atoms with Gasteiger partial charge in [-0.05, 0) is 42.5 Å². The summed E-state index contributed by atoms with van der Waals surface area (Å²) in [5.74, 6) is -2.10. The number of carbonyl (C=O) groups is 4. The van der Waals surface area contributed by atoms with Crippen LogP contribution in [0, 0.1) is 0 Å². The number of fused-ring (bicyclic) bond motifs is 2. The van der Waals surface area contributed by atoms with Gasteiger partial charge in [0.25, 0.3) is 17.7 Å². The number of hydrogen-bond acceptors (Lipinski definition) is 6. The minimum absolute atomic E-state index is 0.0943. The number of hydrogen-bond donors (Lipinski definition) is 1. The Hall–Kier alpha value is -4.04. The van der Waals surface area contributed by atoms with Crippen LogP contribution < -0.4 is 5.32 Å². The zero-order valence-electron chi connectivity index (χ0n) is 18.3. The van der Waals surface area contributed by atoms with Gasteiger partial charge in [-0.2, -0.15) is 0 Å². The van der Waals surface area contributed by atoms with Crippen LogP contribution in [0.1, 0.15) is 43.9 Å². The Morgan fingerprint density at radius 1 is 1.00 bits per heavy atom. The maximum Gasteiger partial charge on any atom is 0.338 e. The zero-order chi connectivity index (χ0) is 23.7. The van der Waals surface area contributed by atoms with E-state index in [-0.39, 0.29) is 29.3 Å². The number of rotatable bonds is 6. The molecule has 1 saturated heterocycles. The number of imide groups is 1. The lowest BCUT2D eigenvalue weighted by atomic mass is 10.1. The molecule has 5 rings (SSSR count). The van der Waals surface area contributed by atoms with Crippen LogP contribution in [-0.2, 0) is 14.3 Å². The number of nitrogens with zero attached hydrogens (tertiary/aromatic N) is 1. The van der Waals surface area contributed by atoms with Crippen LogP contribution in [0.5, 0.6) is 0 Å². The van der Waals surface area contributed by atoms with E-state index in [1.165, 1.54) is 18.2 Å². The van der Waals surface area contributed by atoms with Crippen molar-refractivity contribution < 1.29 is 28.7 Å². The summed E-state index contributed by atoms with van der Waals surface area (Å²) >= 11 is 0. The summed E-state index contributed by atoms with van der Waals surface area (Å²) < 4.78 is 10.7. The van der Waals surface area contributed by atoms with Gasteiger partial charge < -0.3 is 14.8 Å². The number of anilines is 1. The van der Waals surface area contributed by atoms with Gasteiger partial charge in [0.05, 0.1) is 29.3 Å². The van der Waals surface area contributed by atoms with Gasteiger partial charge in [-0.1, -0.05) is 36.4 Å². The van der Waals surface area contributed by atoms with Gasteiger partial charge in [0.1, 0.15) is 0 Å². The molecule has 3 aromatic carbocycles. The number of carbonyl (C=O) groups excluding carboxylic acids is 4. The molecule has 0 bridgehead atoms. The first-order chi connectivity index (χ1) is 16.5. The summed E-state index contributed by atoms with van der Waals surface area (Å²) in [4.78, 5) is 51.5. The normalized spacial score (nSPS) is 17.2. The quantitative estimate of drug-likeness (QED) is 0.449. The molecular weight excluding hydrogens is 436 g/mol. The van der Waals surface area contributed by atoms with E-state index in [1.54, 1.807) is 6.07 Å². The third kappa shape index (κ3) is 4.15. The van der Waals surface area contributed by atoms with Crippen LogP contribution in [0.15, 0.2) is 60.7 Å². The second-order valence-electron chi connectivity index (χ2n) is 8.27. The molecule has 1 N–H and O–H groups in total. The smallest absolute Gasteiger partial charge is 0.338 e. The highest BCUT2D eigenvalue weighted by Crippen LogP contribution is 2.26. The molecule has 2 aliphatic rings. The topological polar surface area (TPSA) is 102 Å². The van der Waals surface area contributed by atoms with Crippen LogP contribution in [0.4, 0.5) is 5.69 Å². The number of nitrogens with one attached hydrogen (secondary N) is 1. The van der Waals surface area contributed by atoms with Gasteiger partial charge in [-0.3, -0.25) is 19.3 Å². The molecule has 172 valence electrons. The van der Waals surface area contributed by atoms with Gasteiger partial charge in [-0.15, -0.1) is 0 Å². The molecular formula is C26H22N2O6. The summed E-state index contributed by atoms with van der Waals surface area (Å²) in [6.45, 7) is 0.329. The predicted molar refractivity (Wildman–Crippen MR) is 124 cm³/mol. The predicted octanol–water partition coefficient (Wildman–Crippen LogP) is 3.41. The van der Waals surface area contributed by atoms with Crippen molar-refractivity contribution in [3.05, 3.63) is 77.4 Å². The molecule has 8 nitrogen and oxygen atoms in total. The first kappa shape index (κ1) is 21.8. The molecule has 1 fully saturated rings. The summed E-state index contributed by atoms with van der Waals surface area (Å²) in [7, 11) is 0. The molecule has 0 unspecified atom stereocenters. The number of amides is 3. The molecule has 0 saturated carbocycles. The average molecular weight is 458 g/mol. The zero-order valence-corrected chi connectivity index (χ0v) is 18.3. The van der Waals surface area contributed by atoms with Crippen molar-refractivity contribution >= 4 is 40.2 Å². The van der Waals surface area contributed by atoms with Gasteiger partial charge >= 0.3 is 5.97 Å². The molecule has 0 aromatic heterocycles. The Morgan fingerprint density at radius 2 is 1.79 bits per heavy atom. The van der Waals surface area contributed by atoms with Crippen molar-refractivity contribution in [3.8, 4) is 0 Å². The maximum absolute atomic E-state index is 12.8. The van der Waals surface area contributed by atoms with Crippen LogP contribution >= 0.6 is 0 Å². The standard InChI is InChI=1S/C26H22N2O6/c29-23(27-22-9-3-6-16-5-1-2-8-19(16)22)15-34-26(32)17-10-11-20-21(13-17)25(31)28(24(20)30)14-18-7-4-12-33-18/h1-3,5-6,8-11,13,18H,4,7,12,14-15H2,(H,27,29)/t18-/m0/s1. The SMILES string of the molecule is O=C(COC(=O)c1ccc2c(c1)C(=O)N(C[C@@H]1CCCO1)C2=O)Nc1cccc2ccccc12. The second kappa shape index (κ2) is 9.07. The van der Waals surface area contributed by atoms with E-state index in [0.717, 1.165) is 28.5 Å². The Kier molecular flexibility index (Phi) is 5.81. The molecule has 3 aromatic rings. The molecule has 1 atom stereocenters. The van der Waals surface area contributed by atoms with Gasteiger partial charge in [-0.25, -0.2) is 4.79 Å². The summed E-state index contributed by atoms with van der Waals surface area (Å²) in [5.41, 5.74) is 1.11. The summed E-state index contributed by atoms with van der Waals surface area (Å²) in [5, 5.41) is 4.60. The first-order valence-corrected chi connectivity index (χ1v) is 11.1. The molecule has 2 heterocycles. The fourth-order valence-electron chi connectivity index (χ4n) is 4.31. The molecule has 34 heavy (non-hydrogen) atoms. The van der Waals surface area contributed by atoms with Crippen molar-refractivity contribution in [3.63, 3.8) is 0 Å². The Balaban J connectivity index is 1.23. The van der Waals surface area contributed by atoms with Crippen molar-refractivity contribution in [2.45, 2.75) is 18.9 Å². The lowest BCUT2D eigenvalue weighted by Crippen LogP contribution is -2.36. The average Bonchev–Trinajstić information content (AvgIpc) is 3.45. The highest BCUT2D eigenvalue weighted by atomic mass is 16.5. The maximum atomic E-state index is 12.8. The van der Waals surface area contributed by atoms with Gasteiger partial charge in [0.15, 0.2) is 6.61 Å². The van der Waals surface area contributed by atoms with Crippen molar-refractivity contribution in [1.82, 2.24) is 4.90 Å². The Morgan fingerprint density at radius 3 is 2.62 bits per heavy atom. The van der Waals surface area contributed by atoms with Crippen molar-refractivity contribution in [2.75, 3.05) is 25.1 Å². The van der Waals surface area contributed by atoms with Gasteiger partial charge in [0.2, 0.25) is 0 Å². The Bertz CT molecular complexity index is 1310. The fourth-order valence-corrected chi connectivity index (χ4v) is 4.31. The van der Waals surface area contributed by atoms with E-state index in [9.17, 15) is 19.2 Å². The monoisotopic (exact) mass is 458 g/mol. The first-order valence-electron chi connectivity index (χ1n) is 11.1. The molecule has 0 radical (unpaired) electrons. The van der Waals surface area contributed by atoms with E-state index < -0.39 is 30.3 Å². The van der Waals surface area contributed by atoms with E-state index in [0.29, 0.717) is 12.3 Å². The minimum Gasteiger partial charge on any atom is -0.452 e. The van der Waals surface area contributed by atoms with Gasteiger partial charge in [0, 0.05) is 17.7 Å². The third-order valence-electron chi connectivity index (χ3n) is 6.01. The summed E-state index contributed by atoms with van der Waals surface area (Å²) in [6.07, 6.45) is 1.54. The Labute approximate surface area is 195 Å². The van der Waals surface area contributed by atoms with E-state index in [4.69, 9.17) is 9.47 Å².